The van der Waals surface area contributed by atoms with Crippen molar-refractivity contribution in [1.82, 2.24) is 15.0 Å². The average Bonchev–Trinajstić information content (AvgIpc) is 2.66. The summed E-state index contributed by atoms with van der Waals surface area (Å²) < 4.78 is 0. The van der Waals surface area contributed by atoms with Crippen LogP contribution in [0.1, 0.15) is 24.6 Å². The third-order valence-electron chi connectivity index (χ3n) is 3.80. The van der Waals surface area contributed by atoms with Crippen LogP contribution in [-0.2, 0) is 6.54 Å². The molecule has 5 nitrogen and oxygen atoms in total. The molecule has 0 amide bonds. The van der Waals surface area contributed by atoms with E-state index in [0.29, 0.717) is 5.82 Å². The minimum Gasteiger partial charge on any atom is -0.385 e. The van der Waals surface area contributed by atoms with Crippen LogP contribution in [0.5, 0.6) is 0 Å². The van der Waals surface area contributed by atoms with Crippen molar-refractivity contribution in [3.05, 3.63) is 66.1 Å². The number of anilines is 2. The smallest absolute Gasteiger partial charge is 0.161 e. The second-order valence-corrected chi connectivity index (χ2v) is 5.93. The van der Waals surface area contributed by atoms with Crippen molar-refractivity contribution in [2.75, 3.05) is 17.2 Å². The van der Waals surface area contributed by atoms with Gasteiger partial charge in [0.1, 0.15) is 5.82 Å². The highest BCUT2D eigenvalue weighted by atomic mass is 15.0. The summed E-state index contributed by atoms with van der Waals surface area (Å²) >= 11 is 0. The van der Waals surface area contributed by atoms with Crippen molar-refractivity contribution < 1.29 is 0 Å². The summed E-state index contributed by atoms with van der Waals surface area (Å²) in [4.78, 5) is 13.2. The molecule has 0 fully saturated rings. The largest absolute Gasteiger partial charge is 0.385 e. The van der Waals surface area contributed by atoms with Crippen molar-refractivity contribution in [1.29, 1.82) is 0 Å². The van der Waals surface area contributed by atoms with Gasteiger partial charge in [0.15, 0.2) is 5.82 Å². The first kappa shape index (κ1) is 16.9. The zero-order valence-electron chi connectivity index (χ0n) is 14.7. The molecule has 0 radical (unpaired) electrons. The lowest BCUT2D eigenvalue weighted by molar-refractivity contribution is 0.979. The van der Waals surface area contributed by atoms with Crippen LogP contribution in [0.4, 0.5) is 11.5 Å². The van der Waals surface area contributed by atoms with Gasteiger partial charge in [-0.3, -0.25) is 4.98 Å². The van der Waals surface area contributed by atoms with Gasteiger partial charge < -0.3 is 10.6 Å². The SMILES string of the molecule is CCCNc1ccc(CNc2cc(C)nc(-c3ccncc3)n2)cc1. The van der Waals surface area contributed by atoms with Gasteiger partial charge in [0.2, 0.25) is 0 Å². The number of aromatic nitrogens is 3. The number of rotatable bonds is 7. The summed E-state index contributed by atoms with van der Waals surface area (Å²) in [5, 5.41) is 6.77. The van der Waals surface area contributed by atoms with E-state index in [1.165, 1.54) is 5.56 Å². The van der Waals surface area contributed by atoms with Crippen molar-refractivity contribution in [2.45, 2.75) is 26.8 Å². The van der Waals surface area contributed by atoms with Crippen LogP contribution in [-0.4, -0.2) is 21.5 Å². The Hall–Kier alpha value is -2.95. The fourth-order valence-corrected chi connectivity index (χ4v) is 2.49. The van der Waals surface area contributed by atoms with Gasteiger partial charge in [0.05, 0.1) is 0 Å². The molecule has 2 N–H and O–H groups in total. The first-order valence-corrected chi connectivity index (χ1v) is 8.57. The van der Waals surface area contributed by atoms with E-state index in [4.69, 9.17) is 0 Å². The number of nitrogens with one attached hydrogen (secondary N) is 2. The highest BCUT2D eigenvalue weighted by molar-refractivity contribution is 5.56. The van der Waals surface area contributed by atoms with Crippen LogP contribution in [0.3, 0.4) is 0 Å². The van der Waals surface area contributed by atoms with E-state index < -0.39 is 0 Å². The van der Waals surface area contributed by atoms with Gasteiger partial charge in [-0.05, 0) is 43.2 Å². The van der Waals surface area contributed by atoms with Crippen LogP contribution >= 0.6 is 0 Å². The van der Waals surface area contributed by atoms with Gasteiger partial charge >= 0.3 is 0 Å². The molecule has 2 aromatic heterocycles. The predicted octanol–water partition coefficient (Wildman–Crippen LogP) is 4.28. The molecule has 0 aliphatic carbocycles. The Bertz CT molecular complexity index is 800. The van der Waals surface area contributed by atoms with Crippen molar-refractivity contribution >= 4 is 11.5 Å². The molecule has 3 rings (SSSR count). The Balaban J connectivity index is 1.68. The predicted molar refractivity (Wildman–Crippen MR) is 103 cm³/mol. The Morgan fingerprint density at radius 1 is 0.920 bits per heavy atom. The standard InChI is InChI=1S/C20H23N5/c1-3-10-22-18-6-4-16(5-7-18)14-23-19-13-15(2)24-20(25-19)17-8-11-21-12-9-17/h4-9,11-13,22H,3,10,14H2,1-2H3,(H,23,24,25). The Morgan fingerprint density at radius 2 is 1.68 bits per heavy atom. The van der Waals surface area contributed by atoms with Crippen molar-refractivity contribution in [3.63, 3.8) is 0 Å². The number of benzene rings is 1. The molecule has 0 atom stereocenters. The molecule has 2 heterocycles. The lowest BCUT2D eigenvalue weighted by atomic mass is 10.2. The molecule has 1 aromatic carbocycles. The highest BCUT2D eigenvalue weighted by Gasteiger charge is 2.05. The monoisotopic (exact) mass is 333 g/mol. The fourth-order valence-electron chi connectivity index (χ4n) is 2.49. The molecule has 0 saturated heterocycles. The number of hydrogen-bond acceptors (Lipinski definition) is 5. The number of nitrogens with zero attached hydrogens (tertiary/aromatic N) is 3. The van der Waals surface area contributed by atoms with E-state index in [9.17, 15) is 0 Å². The van der Waals surface area contributed by atoms with Gasteiger partial charge in [-0.15, -0.1) is 0 Å². The molecule has 0 spiro atoms. The summed E-state index contributed by atoms with van der Waals surface area (Å²) in [6, 6.07) is 14.3. The lowest BCUT2D eigenvalue weighted by Gasteiger charge is -2.10. The Morgan fingerprint density at radius 3 is 2.40 bits per heavy atom. The number of hydrogen-bond donors (Lipinski definition) is 2. The zero-order chi connectivity index (χ0) is 17.5. The first-order chi connectivity index (χ1) is 12.2. The van der Waals surface area contributed by atoms with Gasteiger partial charge in [-0.25, -0.2) is 9.97 Å². The van der Waals surface area contributed by atoms with Crippen LogP contribution < -0.4 is 10.6 Å². The number of aryl methyl sites for hydroxylation is 1. The first-order valence-electron chi connectivity index (χ1n) is 8.57. The van der Waals surface area contributed by atoms with Gasteiger partial charge in [0, 0.05) is 48.5 Å². The quantitative estimate of drug-likeness (QED) is 0.675. The molecule has 0 saturated carbocycles. The summed E-state index contributed by atoms with van der Waals surface area (Å²) in [5.74, 6) is 1.54. The zero-order valence-corrected chi connectivity index (χ0v) is 14.7. The van der Waals surface area contributed by atoms with Crippen LogP contribution in [0, 0.1) is 6.92 Å². The molecule has 0 unspecified atom stereocenters. The fraction of sp³-hybridized carbons (Fsp3) is 0.250. The average molecular weight is 333 g/mol. The minimum absolute atomic E-state index is 0.712. The van der Waals surface area contributed by atoms with E-state index in [1.54, 1.807) is 12.4 Å². The molecule has 0 bridgehead atoms. The second kappa shape index (κ2) is 8.24. The third kappa shape index (κ3) is 4.76. The third-order valence-corrected chi connectivity index (χ3v) is 3.80. The van der Waals surface area contributed by atoms with E-state index in [1.807, 2.05) is 25.1 Å². The molecule has 5 heteroatoms. The van der Waals surface area contributed by atoms with E-state index >= 15 is 0 Å². The molecule has 128 valence electrons. The summed E-state index contributed by atoms with van der Waals surface area (Å²) in [5.41, 5.74) is 4.27. The van der Waals surface area contributed by atoms with Gasteiger partial charge in [-0.1, -0.05) is 19.1 Å². The maximum absolute atomic E-state index is 4.61. The second-order valence-electron chi connectivity index (χ2n) is 5.93. The van der Waals surface area contributed by atoms with Crippen molar-refractivity contribution in [3.8, 4) is 11.4 Å². The molecule has 0 aliphatic heterocycles. The minimum atomic E-state index is 0.712. The Kier molecular flexibility index (Phi) is 5.57. The van der Waals surface area contributed by atoms with Crippen LogP contribution in [0.25, 0.3) is 11.4 Å². The molecule has 3 aromatic rings. The molecular formula is C20H23N5. The summed E-state index contributed by atoms with van der Waals surface area (Å²) in [6.07, 6.45) is 4.63. The molecular weight excluding hydrogens is 310 g/mol. The van der Waals surface area contributed by atoms with Crippen LogP contribution in [0.2, 0.25) is 0 Å². The van der Waals surface area contributed by atoms with Crippen molar-refractivity contribution in [2.24, 2.45) is 0 Å². The van der Waals surface area contributed by atoms with E-state index in [2.05, 4.69) is 56.8 Å². The van der Waals surface area contributed by atoms with E-state index in [0.717, 1.165) is 42.3 Å². The van der Waals surface area contributed by atoms with Gasteiger partial charge in [0.25, 0.3) is 0 Å². The van der Waals surface area contributed by atoms with Crippen LogP contribution in [0.15, 0.2) is 54.9 Å². The summed E-state index contributed by atoms with van der Waals surface area (Å²) in [6.45, 7) is 5.86. The van der Waals surface area contributed by atoms with Gasteiger partial charge in [-0.2, -0.15) is 0 Å². The molecule has 0 aliphatic rings. The van der Waals surface area contributed by atoms with E-state index in [-0.39, 0.29) is 0 Å². The lowest BCUT2D eigenvalue weighted by Crippen LogP contribution is -2.04. The normalized spacial score (nSPS) is 10.5. The highest BCUT2D eigenvalue weighted by Crippen LogP contribution is 2.18. The topological polar surface area (TPSA) is 62.7 Å². The maximum Gasteiger partial charge on any atom is 0.161 e. The Labute approximate surface area is 148 Å². The maximum atomic E-state index is 4.61. The molecule has 25 heavy (non-hydrogen) atoms. The summed E-state index contributed by atoms with van der Waals surface area (Å²) in [7, 11) is 0. The number of pyridine rings is 1.